The van der Waals surface area contributed by atoms with Gasteiger partial charge in [-0.25, -0.2) is 12.8 Å². The number of hydrogen-bond donors (Lipinski definition) is 2. The van der Waals surface area contributed by atoms with Crippen LogP contribution in [0.3, 0.4) is 0 Å². The molecule has 3 N–H and O–H groups in total. The van der Waals surface area contributed by atoms with Gasteiger partial charge in [0.2, 0.25) is 10.0 Å². The van der Waals surface area contributed by atoms with Crippen molar-refractivity contribution in [2.45, 2.75) is 23.3 Å². The lowest BCUT2D eigenvalue weighted by atomic mass is 9.91. The van der Waals surface area contributed by atoms with Crippen molar-refractivity contribution in [1.82, 2.24) is 4.31 Å². The highest BCUT2D eigenvalue weighted by atomic mass is 79.9. The summed E-state index contributed by atoms with van der Waals surface area (Å²) in [6, 6.07) is 2.14. The molecule has 2 fully saturated rings. The molecule has 0 amide bonds. The fraction of sp³-hybridized carbons (Fsp3) is 0.500. The molecule has 0 atom stereocenters. The second-order valence-electron chi connectivity index (χ2n) is 5.46. The molecular formula is C12H14BrFN2O3S. The van der Waals surface area contributed by atoms with E-state index in [2.05, 4.69) is 15.9 Å². The van der Waals surface area contributed by atoms with Crippen molar-refractivity contribution in [3.05, 3.63) is 22.4 Å². The van der Waals surface area contributed by atoms with E-state index >= 15 is 0 Å². The Bertz CT molecular complexity index is 670. The van der Waals surface area contributed by atoms with Gasteiger partial charge in [-0.15, -0.1) is 0 Å². The van der Waals surface area contributed by atoms with E-state index in [1.165, 1.54) is 4.31 Å². The first-order valence-electron chi connectivity index (χ1n) is 6.21. The fourth-order valence-electron chi connectivity index (χ4n) is 2.52. The smallest absolute Gasteiger partial charge is 0.245 e. The van der Waals surface area contributed by atoms with Gasteiger partial charge in [-0.2, -0.15) is 4.31 Å². The van der Waals surface area contributed by atoms with Crippen LogP contribution in [0.25, 0.3) is 0 Å². The Kier molecular flexibility index (Phi) is 3.13. The third kappa shape index (κ3) is 2.14. The minimum Gasteiger partial charge on any atom is -0.398 e. The number of aliphatic hydroxyl groups is 1. The highest BCUT2D eigenvalue weighted by molar-refractivity contribution is 9.10. The highest BCUT2D eigenvalue weighted by Gasteiger charge is 2.55. The van der Waals surface area contributed by atoms with E-state index in [4.69, 9.17) is 5.73 Å². The maximum atomic E-state index is 13.3. The number of halogens is 2. The maximum absolute atomic E-state index is 13.3. The number of rotatable bonds is 3. The Labute approximate surface area is 124 Å². The Hall–Kier alpha value is -0.700. The van der Waals surface area contributed by atoms with Gasteiger partial charge >= 0.3 is 0 Å². The van der Waals surface area contributed by atoms with Crippen LogP contribution in [-0.4, -0.2) is 36.5 Å². The number of anilines is 1. The number of nitrogen functional groups attached to an aromatic ring is 1. The average Bonchev–Trinajstić information content (AvgIpc) is 3.13. The molecule has 0 unspecified atom stereocenters. The number of nitrogens with zero attached hydrogens (tertiary/aromatic N) is 1. The predicted molar refractivity (Wildman–Crippen MR) is 74.9 cm³/mol. The van der Waals surface area contributed by atoms with Crippen molar-refractivity contribution in [2.75, 3.05) is 18.8 Å². The van der Waals surface area contributed by atoms with E-state index in [0.717, 1.165) is 25.0 Å². The molecule has 1 aliphatic heterocycles. The molecule has 0 aromatic heterocycles. The van der Waals surface area contributed by atoms with Crippen LogP contribution in [-0.2, 0) is 10.0 Å². The summed E-state index contributed by atoms with van der Waals surface area (Å²) in [7, 11) is -3.80. The third-order valence-corrected chi connectivity index (χ3v) is 6.36. The predicted octanol–water partition coefficient (Wildman–Crippen LogP) is 1.32. The van der Waals surface area contributed by atoms with E-state index in [0.29, 0.717) is 0 Å². The van der Waals surface area contributed by atoms with Crippen LogP contribution in [0.4, 0.5) is 10.1 Å². The molecule has 20 heavy (non-hydrogen) atoms. The van der Waals surface area contributed by atoms with Gasteiger partial charge in [0.25, 0.3) is 0 Å². The molecule has 0 radical (unpaired) electrons. The molecule has 1 aromatic rings. The van der Waals surface area contributed by atoms with E-state index in [1.807, 2.05) is 0 Å². The monoisotopic (exact) mass is 364 g/mol. The molecule has 2 aliphatic rings. The first kappa shape index (κ1) is 14.2. The quantitative estimate of drug-likeness (QED) is 0.792. The minimum atomic E-state index is -3.80. The lowest BCUT2D eigenvalue weighted by Crippen LogP contribution is -2.64. The van der Waals surface area contributed by atoms with Crippen molar-refractivity contribution in [3.8, 4) is 0 Å². The van der Waals surface area contributed by atoms with E-state index in [1.54, 1.807) is 0 Å². The van der Waals surface area contributed by atoms with Crippen LogP contribution in [0.1, 0.15) is 12.8 Å². The van der Waals surface area contributed by atoms with Gasteiger partial charge in [-0.3, -0.25) is 0 Å². The SMILES string of the molecule is Nc1cc(F)c(Br)cc1S(=O)(=O)N1CC(O)(C2CC2)C1. The Morgan fingerprint density at radius 2 is 2.00 bits per heavy atom. The summed E-state index contributed by atoms with van der Waals surface area (Å²) in [5, 5.41) is 10.2. The van der Waals surface area contributed by atoms with Crippen LogP contribution in [0.5, 0.6) is 0 Å². The maximum Gasteiger partial charge on any atom is 0.245 e. The van der Waals surface area contributed by atoms with Crippen molar-refractivity contribution < 1.29 is 17.9 Å². The van der Waals surface area contributed by atoms with Crippen molar-refractivity contribution in [1.29, 1.82) is 0 Å². The van der Waals surface area contributed by atoms with Gasteiger partial charge in [0.15, 0.2) is 0 Å². The first-order valence-corrected chi connectivity index (χ1v) is 8.44. The number of hydrogen-bond acceptors (Lipinski definition) is 4. The molecule has 1 aromatic carbocycles. The van der Waals surface area contributed by atoms with Gasteiger partial charge in [-0.1, -0.05) is 0 Å². The molecule has 1 aliphatic carbocycles. The Morgan fingerprint density at radius 3 is 2.55 bits per heavy atom. The molecular weight excluding hydrogens is 351 g/mol. The van der Waals surface area contributed by atoms with E-state index in [9.17, 15) is 17.9 Å². The van der Waals surface area contributed by atoms with Gasteiger partial charge in [0.05, 0.1) is 15.8 Å². The highest BCUT2D eigenvalue weighted by Crippen LogP contribution is 2.46. The molecule has 110 valence electrons. The summed E-state index contributed by atoms with van der Waals surface area (Å²) in [6.45, 7) is 0.156. The Balaban J connectivity index is 1.88. The zero-order valence-corrected chi connectivity index (χ0v) is 12.9. The fourth-order valence-corrected chi connectivity index (χ4v) is 4.70. The zero-order valence-electron chi connectivity index (χ0n) is 10.5. The average molecular weight is 365 g/mol. The first-order chi connectivity index (χ1) is 9.24. The van der Waals surface area contributed by atoms with Crippen LogP contribution >= 0.6 is 15.9 Å². The van der Waals surface area contributed by atoms with Crippen LogP contribution in [0.15, 0.2) is 21.5 Å². The van der Waals surface area contributed by atoms with E-state index < -0.39 is 21.4 Å². The summed E-state index contributed by atoms with van der Waals surface area (Å²) in [4.78, 5) is -0.136. The number of sulfonamides is 1. The second kappa shape index (κ2) is 4.40. The molecule has 0 spiro atoms. The van der Waals surface area contributed by atoms with Crippen LogP contribution in [0.2, 0.25) is 0 Å². The number of nitrogens with two attached hydrogens (primary N) is 1. The summed E-state index contributed by atoms with van der Waals surface area (Å²) < 4.78 is 39.4. The summed E-state index contributed by atoms with van der Waals surface area (Å²) >= 11 is 2.95. The van der Waals surface area contributed by atoms with E-state index in [-0.39, 0.29) is 34.1 Å². The lowest BCUT2D eigenvalue weighted by molar-refractivity contribution is -0.0764. The number of benzene rings is 1. The molecule has 1 saturated heterocycles. The van der Waals surface area contributed by atoms with Crippen LogP contribution < -0.4 is 5.73 Å². The molecule has 1 heterocycles. The van der Waals surface area contributed by atoms with Crippen LogP contribution in [0, 0.1) is 11.7 Å². The summed E-state index contributed by atoms with van der Waals surface area (Å²) in [6.07, 6.45) is 1.88. The topological polar surface area (TPSA) is 83.6 Å². The van der Waals surface area contributed by atoms with Crippen molar-refractivity contribution in [3.63, 3.8) is 0 Å². The second-order valence-corrected chi connectivity index (χ2v) is 8.22. The molecule has 5 nitrogen and oxygen atoms in total. The molecule has 3 rings (SSSR count). The van der Waals surface area contributed by atoms with Gasteiger partial charge in [-0.05, 0) is 46.8 Å². The standard InChI is InChI=1S/C12H14BrFN2O3S/c13-8-3-11(10(15)4-9(8)14)20(18,19)16-5-12(17,6-16)7-1-2-7/h3-4,7,17H,1-2,5-6,15H2. The third-order valence-electron chi connectivity index (χ3n) is 3.91. The summed E-state index contributed by atoms with van der Waals surface area (Å²) in [5.41, 5.74) is 4.57. The Morgan fingerprint density at radius 1 is 1.40 bits per heavy atom. The minimum absolute atomic E-state index is 0.0447. The van der Waals surface area contributed by atoms with Gasteiger partial charge in [0.1, 0.15) is 10.7 Å². The lowest BCUT2D eigenvalue weighted by Gasteiger charge is -2.45. The molecule has 8 heteroatoms. The van der Waals surface area contributed by atoms with Crippen molar-refractivity contribution in [2.24, 2.45) is 5.92 Å². The van der Waals surface area contributed by atoms with Gasteiger partial charge < -0.3 is 10.8 Å². The number of β-amino-alcohol motifs (C(OH)–C–C–N with tert-alkyl or cyclic N) is 1. The molecule has 1 saturated carbocycles. The van der Waals surface area contributed by atoms with Gasteiger partial charge in [0, 0.05) is 13.1 Å². The zero-order chi connectivity index (χ0) is 14.7. The van der Waals surface area contributed by atoms with Crippen molar-refractivity contribution >= 4 is 31.6 Å². The largest absolute Gasteiger partial charge is 0.398 e. The normalized spacial score (nSPS) is 22.6. The molecule has 0 bridgehead atoms. The summed E-state index contributed by atoms with van der Waals surface area (Å²) in [5.74, 6) is -0.411.